The molecule has 2 fully saturated rings. The maximum absolute atomic E-state index is 11.4. The quantitative estimate of drug-likeness (QED) is 0.618. The van der Waals surface area contributed by atoms with Crippen LogP contribution in [0.5, 0.6) is 0 Å². The van der Waals surface area contributed by atoms with E-state index in [9.17, 15) is 4.79 Å². The van der Waals surface area contributed by atoms with Gasteiger partial charge in [0.15, 0.2) is 0 Å². The van der Waals surface area contributed by atoms with Gasteiger partial charge in [-0.3, -0.25) is 4.79 Å². The van der Waals surface area contributed by atoms with Crippen LogP contribution in [-0.4, -0.2) is 30.5 Å². The van der Waals surface area contributed by atoms with Crippen LogP contribution in [0, 0.1) is 11.8 Å². The van der Waals surface area contributed by atoms with Gasteiger partial charge >= 0.3 is 0 Å². The minimum absolute atomic E-state index is 0.315. The Balaban J connectivity index is 1.93. The lowest BCUT2D eigenvalue weighted by Crippen LogP contribution is -2.29. The molecule has 0 spiro atoms. The Morgan fingerprint density at radius 3 is 3.00 bits per heavy atom. The van der Waals surface area contributed by atoms with Crippen LogP contribution in [0.1, 0.15) is 12.8 Å². The first-order valence-corrected chi connectivity index (χ1v) is 5.71. The number of rotatable bonds is 1. The molecular formula is C9H14O2S. The van der Waals surface area contributed by atoms with Crippen LogP contribution in [0.3, 0.4) is 0 Å². The topological polar surface area (TPSA) is 26.3 Å². The highest BCUT2D eigenvalue weighted by atomic mass is 32.2. The van der Waals surface area contributed by atoms with Gasteiger partial charge in [-0.15, -0.1) is 0 Å². The molecule has 2 atom stereocenters. The third kappa shape index (κ3) is 1.67. The predicted molar refractivity (Wildman–Crippen MR) is 49.4 cm³/mol. The van der Waals surface area contributed by atoms with Crippen molar-refractivity contribution < 1.29 is 9.53 Å². The highest BCUT2D eigenvalue weighted by Gasteiger charge is 2.33. The third-order valence-electron chi connectivity index (χ3n) is 2.72. The van der Waals surface area contributed by atoms with Gasteiger partial charge in [-0.25, -0.2) is 0 Å². The van der Waals surface area contributed by atoms with Gasteiger partial charge in [0.05, 0.1) is 12.4 Å². The summed E-state index contributed by atoms with van der Waals surface area (Å²) in [6, 6.07) is 0. The summed E-state index contributed by atoms with van der Waals surface area (Å²) >= 11 is 1.78. The fraction of sp³-hybridized carbons (Fsp3) is 0.889. The van der Waals surface area contributed by atoms with Gasteiger partial charge in [0.2, 0.25) is 0 Å². The minimum atomic E-state index is 0.315. The van der Waals surface area contributed by atoms with Crippen molar-refractivity contribution in [2.24, 2.45) is 11.8 Å². The molecule has 0 aromatic rings. The SMILES string of the molecule is O=C1CSCC1C1CCCOC1. The van der Waals surface area contributed by atoms with Crippen molar-refractivity contribution in [2.45, 2.75) is 12.8 Å². The number of thioether (sulfide) groups is 1. The molecule has 2 nitrogen and oxygen atoms in total. The molecule has 0 N–H and O–H groups in total. The summed E-state index contributed by atoms with van der Waals surface area (Å²) in [5.74, 6) is 3.07. The number of ether oxygens (including phenoxy) is 1. The summed E-state index contributed by atoms with van der Waals surface area (Å²) in [5, 5.41) is 0. The van der Waals surface area contributed by atoms with Crippen molar-refractivity contribution in [3.05, 3.63) is 0 Å². The molecule has 2 heterocycles. The van der Waals surface area contributed by atoms with Crippen LogP contribution < -0.4 is 0 Å². The Morgan fingerprint density at radius 1 is 1.50 bits per heavy atom. The van der Waals surface area contributed by atoms with Crippen LogP contribution in [0.2, 0.25) is 0 Å². The molecule has 0 amide bonds. The molecule has 2 saturated heterocycles. The van der Waals surface area contributed by atoms with Crippen molar-refractivity contribution in [2.75, 3.05) is 24.7 Å². The number of Topliss-reactive ketones (excluding diaryl/α,β-unsaturated/α-hetero) is 1. The molecule has 2 unspecified atom stereocenters. The van der Waals surface area contributed by atoms with Crippen LogP contribution in [0.15, 0.2) is 0 Å². The van der Waals surface area contributed by atoms with E-state index >= 15 is 0 Å². The Bertz CT molecular complexity index is 175. The molecule has 2 aliphatic heterocycles. The average Bonchev–Trinajstić information content (AvgIpc) is 2.53. The highest BCUT2D eigenvalue weighted by molar-refractivity contribution is 8.00. The highest BCUT2D eigenvalue weighted by Crippen LogP contribution is 2.31. The molecular weight excluding hydrogens is 172 g/mol. The van der Waals surface area contributed by atoms with Gasteiger partial charge in [-0.1, -0.05) is 0 Å². The molecule has 12 heavy (non-hydrogen) atoms. The molecule has 0 saturated carbocycles. The van der Waals surface area contributed by atoms with Crippen LogP contribution >= 0.6 is 11.8 Å². The monoisotopic (exact) mass is 186 g/mol. The molecule has 2 rings (SSSR count). The molecule has 0 aromatic heterocycles. The van der Waals surface area contributed by atoms with E-state index in [0.717, 1.165) is 31.1 Å². The smallest absolute Gasteiger partial charge is 0.146 e. The molecule has 0 radical (unpaired) electrons. The summed E-state index contributed by atoms with van der Waals surface area (Å²) < 4.78 is 5.38. The van der Waals surface area contributed by atoms with E-state index in [1.807, 2.05) is 0 Å². The number of ketones is 1. The zero-order valence-electron chi connectivity index (χ0n) is 7.12. The van der Waals surface area contributed by atoms with Crippen molar-refractivity contribution in [1.82, 2.24) is 0 Å². The summed E-state index contributed by atoms with van der Waals surface area (Å²) in [6.45, 7) is 1.71. The van der Waals surface area contributed by atoms with E-state index in [-0.39, 0.29) is 0 Å². The van der Waals surface area contributed by atoms with Crippen molar-refractivity contribution in [3.8, 4) is 0 Å². The van der Waals surface area contributed by atoms with Crippen LogP contribution in [-0.2, 0) is 9.53 Å². The van der Waals surface area contributed by atoms with Gasteiger partial charge in [0, 0.05) is 18.3 Å². The number of carbonyl (C=O) groups excluding carboxylic acids is 1. The van der Waals surface area contributed by atoms with Crippen molar-refractivity contribution in [3.63, 3.8) is 0 Å². The predicted octanol–water partition coefficient (Wildman–Crippen LogP) is 1.35. The summed E-state index contributed by atoms with van der Waals surface area (Å²) in [7, 11) is 0. The minimum Gasteiger partial charge on any atom is -0.381 e. The lowest BCUT2D eigenvalue weighted by molar-refractivity contribution is -0.122. The molecule has 0 aliphatic carbocycles. The van der Waals surface area contributed by atoms with Crippen LogP contribution in [0.25, 0.3) is 0 Å². The van der Waals surface area contributed by atoms with Crippen LogP contribution in [0.4, 0.5) is 0 Å². The molecule has 68 valence electrons. The second kappa shape index (κ2) is 3.79. The average molecular weight is 186 g/mol. The lowest BCUT2D eigenvalue weighted by Gasteiger charge is -2.25. The molecule has 0 aromatic carbocycles. The summed E-state index contributed by atoms with van der Waals surface area (Å²) in [4.78, 5) is 11.4. The maximum atomic E-state index is 11.4. The first-order chi connectivity index (χ1) is 5.88. The fourth-order valence-electron chi connectivity index (χ4n) is 1.97. The summed E-state index contributed by atoms with van der Waals surface area (Å²) in [5.41, 5.74) is 0. The first-order valence-electron chi connectivity index (χ1n) is 4.56. The maximum Gasteiger partial charge on any atom is 0.146 e. The molecule has 2 aliphatic rings. The third-order valence-corrected chi connectivity index (χ3v) is 3.80. The van der Waals surface area contributed by atoms with E-state index in [4.69, 9.17) is 4.74 Å². The van der Waals surface area contributed by atoms with E-state index in [2.05, 4.69) is 0 Å². The Hall–Kier alpha value is -0.0200. The second-order valence-electron chi connectivity index (χ2n) is 3.57. The van der Waals surface area contributed by atoms with E-state index in [1.165, 1.54) is 6.42 Å². The zero-order valence-corrected chi connectivity index (χ0v) is 7.94. The van der Waals surface area contributed by atoms with Gasteiger partial charge in [-0.2, -0.15) is 11.8 Å². The normalized spacial score (nSPS) is 37.2. The zero-order chi connectivity index (χ0) is 8.39. The number of hydrogen-bond donors (Lipinski definition) is 0. The standard InChI is InChI=1S/C9H14O2S/c10-9-6-12-5-8(9)7-2-1-3-11-4-7/h7-8H,1-6H2. The first kappa shape index (κ1) is 8.57. The van der Waals surface area contributed by atoms with Gasteiger partial charge in [0.25, 0.3) is 0 Å². The van der Waals surface area contributed by atoms with E-state index in [1.54, 1.807) is 11.8 Å². The van der Waals surface area contributed by atoms with Crippen molar-refractivity contribution in [1.29, 1.82) is 0 Å². The van der Waals surface area contributed by atoms with E-state index in [0.29, 0.717) is 17.6 Å². The van der Waals surface area contributed by atoms with E-state index < -0.39 is 0 Å². The second-order valence-corrected chi connectivity index (χ2v) is 4.60. The number of carbonyl (C=O) groups is 1. The molecule has 0 bridgehead atoms. The largest absolute Gasteiger partial charge is 0.381 e. The lowest BCUT2D eigenvalue weighted by atomic mass is 9.87. The molecule has 3 heteroatoms. The Labute approximate surface area is 77.0 Å². The Morgan fingerprint density at radius 2 is 2.42 bits per heavy atom. The van der Waals surface area contributed by atoms with Gasteiger partial charge in [0.1, 0.15) is 5.78 Å². The summed E-state index contributed by atoms with van der Waals surface area (Å²) in [6.07, 6.45) is 2.33. The van der Waals surface area contributed by atoms with Gasteiger partial charge in [-0.05, 0) is 18.8 Å². The Kier molecular flexibility index (Phi) is 2.71. The van der Waals surface area contributed by atoms with Crippen molar-refractivity contribution >= 4 is 17.5 Å². The number of hydrogen-bond acceptors (Lipinski definition) is 3. The fourth-order valence-corrected chi connectivity index (χ4v) is 3.21. The van der Waals surface area contributed by atoms with Gasteiger partial charge < -0.3 is 4.74 Å².